The smallest absolute Gasteiger partial charge is 0.238 e. The van der Waals surface area contributed by atoms with Crippen LogP contribution in [0.4, 0.5) is 5.69 Å². The van der Waals surface area contributed by atoms with Gasteiger partial charge in [0.1, 0.15) is 0 Å². The van der Waals surface area contributed by atoms with E-state index in [1.54, 1.807) is 0 Å². The third kappa shape index (κ3) is 4.47. The first-order chi connectivity index (χ1) is 9.22. The summed E-state index contributed by atoms with van der Waals surface area (Å²) in [4.78, 5) is 14.2. The number of carbonyl (C=O) groups is 1. The van der Waals surface area contributed by atoms with Gasteiger partial charge in [-0.15, -0.1) is 12.4 Å². The highest BCUT2D eigenvalue weighted by Crippen LogP contribution is 2.16. The Hall–Kier alpha value is -1.10. The molecule has 20 heavy (non-hydrogen) atoms. The summed E-state index contributed by atoms with van der Waals surface area (Å²) in [5, 5.41) is 2.94. The Balaban J connectivity index is 0.00000200. The largest absolute Gasteiger partial charge is 0.329 e. The van der Waals surface area contributed by atoms with Crippen LogP contribution in [0.2, 0.25) is 0 Å². The summed E-state index contributed by atoms with van der Waals surface area (Å²) in [5.74, 6) is 0.0459. The van der Waals surface area contributed by atoms with Crippen LogP contribution in [0.3, 0.4) is 0 Å². The fourth-order valence-corrected chi connectivity index (χ4v) is 2.58. The van der Waals surface area contributed by atoms with Crippen LogP contribution in [-0.4, -0.2) is 36.5 Å². The van der Waals surface area contributed by atoms with Crippen molar-refractivity contribution in [3.05, 3.63) is 29.8 Å². The molecule has 0 radical (unpaired) electrons. The number of hydrogen-bond acceptors (Lipinski definition) is 3. The maximum absolute atomic E-state index is 12.0. The Labute approximate surface area is 127 Å². The van der Waals surface area contributed by atoms with Crippen LogP contribution in [-0.2, 0) is 11.2 Å². The zero-order valence-electron chi connectivity index (χ0n) is 12.0. The van der Waals surface area contributed by atoms with Gasteiger partial charge < -0.3 is 11.1 Å². The van der Waals surface area contributed by atoms with Gasteiger partial charge in [-0.05, 0) is 43.5 Å². The summed E-state index contributed by atoms with van der Waals surface area (Å²) >= 11 is 0. The molecular formula is C15H24ClN3O. The van der Waals surface area contributed by atoms with Crippen LogP contribution in [0.15, 0.2) is 24.3 Å². The molecule has 5 heteroatoms. The Morgan fingerprint density at radius 2 is 2.10 bits per heavy atom. The zero-order valence-corrected chi connectivity index (χ0v) is 12.8. The van der Waals surface area contributed by atoms with Gasteiger partial charge in [0.25, 0.3) is 0 Å². The molecule has 112 valence electrons. The molecule has 3 N–H and O–H groups in total. The molecule has 1 aromatic rings. The van der Waals surface area contributed by atoms with E-state index in [0.717, 1.165) is 31.5 Å². The van der Waals surface area contributed by atoms with Gasteiger partial charge >= 0.3 is 0 Å². The number of aryl methyl sites for hydroxylation is 1. The van der Waals surface area contributed by atoms with Gasteiger partial charge in [-0.2, -0.15) is 0 Å². The minimum atomic E-state index is 0. The predicted octanol–water partition coefficient (Wildman–Crippen LogP) is 2.03. The molecule has 1 fully saturated rings. The van der Waals surface area contributed by atoms with Crippen LogP contribution >= 0.6 is 12.4 Å². The van der Waals surface area contributed by atoms with Crippen LogP contribution < -0.4 is 11.1 Å². The molecule has 0 saturated carbocycles. The summed E-state index contributed by atoms with van der Waals surface area (Å²) in [7, 11) is 0. The lowest BCUT2D eigenvalue weighted by Crippen LogP contribution is -2.40. The van der Waals surface area contributed by atoms with Crippen LogP contribution in [0.5, 0.6) is 0 Å². The van der Waals surface area contributed by atoms with E-state index < -0.39 is 0 Å². The Bertz CT molecular complexity index is 422. The van der Waals surface area contributed by atoms with Gasteiger partial charge in [0.2, 0.25) is 5.91 Å². The zero-order chi connectivity index (χ0) is 13.7. The Morgan fingerprint density at radius 3 is 2.70 bits per heavy atom. The first-order valence-corrected chi connectivity index (χ1v) is 7.06. The quantitative estimate of drug-likeness (QED) is 0.874. The lowest BCUT2D eigenvalue weighted by molar-refractivity contribution is -0.117. The van der Waals surface area contributed by atoms with Crippen LogP contribution in [0.1, 0.15) is 25.3 Å². The van der Waals surface area contributed by atoms with E-state index in [4.69, 9.17) is 5.73 Å². The van der Waals surface area contributed by atoms with Gasteiger partial charge in [0, 0.05) is 18.3 Å². The normalized spacial score (nSPS) is 18.6. The maximum Gasteiger partial charge on any atom is 0.238 e. The number of rotatable bonds is 5. The third-order valence-electron chi connectivity index (χ3n) is 3.76. The number of hydrogen-bond donors (Lipinski definition) is 2. The molecule has 1 saturated heterocycles. The monoisotopic (exact) mass is 297 g/mol. The van der Waals surface area contributed by atoms with E-state index in [1.807, 2.05) is 24.3 Å². The second-order valence-electron chi connectivity index (χ2n) is 5.10. The van der Waals surface area contributed by atoms with E-state index in [9.17, 15) is 4.79 Å². The number of nitrogens with two attached hydrogens (primary N) is 1. The van der Waals surface area contributed by atoms with Gasteiger partial charge in [-0.25, -0.2) is 0 Å². The molecule has 0 spiro atoms. The molecule has 0 aromatic heterocycles. The number of amides is 1. The predicted molar refractivity (Wildman–Crippen MR) is 85.3 cm³/mol. The topological polar surface area (TPSA) is 58.4 Å². The summed E-state index contributed by atoms with van der Waals surface area (Å²) < 4.78 is 0. The van der Waals surface area contributed by atoms with Gasteiger partial charge in [0.15, 0.2) is 0 Å². The van der Waals surface area contributed by atoms with Gasteiger partial charge in [-0.1, -0.05) is 19.1 Å². The van der Waals surface area contributed by atoms with Gasteiger partial charge in [-0.3, -0.25) is 9.69 Å². The van der Waals surface area contributed by atoms with Gasteiger partial charge in [0.05, 0.1) is 6.54 Å². The highest BCUT2D eigenvalue weighted by Gasteiger charge is 2.24. The molecule has 4 nitrogen and oxygen atoms in total. The van der Waals surface area contributed by atoms with E-state index in [2.05, 4.69) is 17.1 Å². The van der Waals surface area contributed by atoms with Crippen LogP contribution in [0, 0.1) is 0 Å². The number of halogens is 1. The molecule has 1 heterocycles. The number of nitrogens with one attached hydrogen (secondary N) is 1. The second kappa shape index (κ2) is 8.25. The van der Waals surface area contributed by atoms with E-state index >= 15 is 0 Å². The lowest BCUT2D eigenvalue weighted by atomic mass is 10.1. The van der Waals surface area contributed by atoms with Crippen molar-refractivity contribution in [3.63, 3.8) is 0 Å². The summed E-state index contributed by atoms with van der Waals surface area (Å²) in [5.41, 5.74) is 7.86. The molecule has 1 atom stereocenters. The molecule has 1 aromatic carbocycles. The van der Waals surface area contributed by atoms with E-state index in [0.29, 0.717) is 19.1 Å². The molecule has 1 aliphatic rings. The molecule has 1 unspecified atom stereocenters. The minimum Gasteiger partial charge on any atom is -0.329 e. The van der Waals surface area contributed by atoms with E-state index in [1.165, 1.54) is 5.56 Å². The number of benzene rings is 1. The summed E-state index contributed by atoms with van der Waals surface area (Å²) in [6.45, 7) is 4.17. The summed E-state index contributed by atoms with van der Waals surface area (Å²) in [6, 6.07) is 8.39. The molecule has 1 amide bonds. The van der Waals surface area contributed by atoms with Crippen molar-refractivity contribution in [1.29, 1.82) is 0 Å². The van der Waals surface area contributed by atoms with E-state index in [-0.39, 0.29) is 18.3 Å². The Kier molecular flexibility index (Phi) is 6.99. The second-order valence-corrected chi connectivity index (χ2v) is 5.10. The average Bonchev–Trinajstić information content (AvgIpc) is 2.86. The number of carbonyl (C=O) groups excluding carboxylic acids is 1. The number of anilines is 1. The highest BCUT2D eigenvalue weighted by molar-refractivity contribution is 5.92. The minimum absolute atomic E-state index is 0. The highest BCUT2D eigenvalue weighted by atomic mass is 35.5. The standard InChI is InChI=1S/C15H23N3O.ClH/c1-2-12-5-7-13(8-6-12)17-15(19)11-18-9-3-4-14(18)10-16;/h5-8,14H,2-4,9-11,16H2,1H3,(H,17,19);1H. The van der Waals surface area contributed by atoms with Crippen molar-refractivity contribution < 1.29 is 4.79 Å². The lowest BCUT2D eigenvalue weighted by Gasteiger charge is -2.22. The first kappa shape index (κ1) is 17.0. The summed E-state index contributed by atoms with van der Waals surface area (Å²) in [6.07, 6.45) is 3.26. The molecule has 1 aliphatic heterocycles. The maximum atomic E-state index is 12.0. The van der Waals surface area contributed by atoms with Crippen molar-refractivity contribution in [3.8, 4) is 0 Å². The molecule has 0 aliphatic carbocycles. The van der Waals surface area contributed by atoms with Crippen molar-refractivity contribution >= 4 is 24.0 Å². The third-order valence-corrected chi connectivity index (χ3v) is 3.76. The number of likely N-dealkylation sites (tertiary alicyclic amines) is 1. The molecular weight excluding hydrogens is 274 g/mol. The van der Waals surface area contributed by atoms with Crippen molar-refractivity contribution in [2.24, 2.45) is 5.73 Å². The number of nitrogens with zero attached hydrogens (tertiary/aromatic N) is 1. The van der Waals surface area contributed by atoms with Crippen LogP contribution in [0.25, 0.3) is 0 Å². The SMILES string of the molecule is CCc1ccc(NC(=O)CN2CCCC2CN)cc1.Cl. The van der Waals surface area contributed by atoms with Crippen molar-refractivity contribution in [2.45, 2.75) is 32.2 Å². The fraction of sp³-hybridized carbons (Fsp3) is 0.533. The average molecular weight is 298 g/mol. The first-order valence-electron chi connectivity index (χ1n) is 7.06. The molecule has 2 rings (SSSR count). The Morgan fingerprint density at radius 1 is 1.40 bits per heavy atom. The fourth-order valence-electron chi connectivity index (χ4n) is 2.58. The van der Waals surface area contributed by atoms with Crippen molar-refractivity contribution in [1.82, 2.24) is 4.90 Å². The van der Waals surface area contributed by atoms with Crippen molar-refractivity contribution in [2.75, 3.05) is 25.0 Å². The molecule has 0 bridgehead atoms.